The summed E-state index contributed by atoms with van der Waals surface area (Å²) in [6, 6.07) is 7.05. The number of aryl methyl sites for hydroxylation is 1. The normalized spacial score (nSPS) is 15.9. The van der Waals surface area contributed by atoms with Gasteiger partial charge < -0.3 is 10.1 Å². The van der Waals surface area contributed by atoms with Crippen LogP contribution < -0.4 is 10.1 Å². The van der Waals surface area contributed by atoms with E-state index in [9.17, 15) is 18.0 Å². The van der Waals surface area contributed by atoms with Crippen LogP contribution in [0.15, 0.2) is 42.7 Å². The summed E-state index contributed by atoms with van der Waals surface area (Å²) in [7, 11) is 0. The Balaban J connectivity index is 1.57. The fourth-order valence-electron chi connectivity index (χ4n) is 3.54. The molecule has 7 nitrogen and oxygen atoms in total. The second kappa shape index (κ2) is 8.37. The SMILES string of the molecule is CCOc1cc(C(=O)NC2CCCn3nc(-c4ccnc(C(F)(F)F)c4)cc32)ccn1. The van der Waals surface area contributed by atoms with E-state index < -0.39 is 11.9 Å². The van der Waals surface area contributed by atoms with Gasteiger partial charge in [-0.25, -0.2) is 4.98 Å². The zero-order valence-corrected chi connectivity index (χ0v) is 16.7. The van der Waals surface area contributed by atoms with Crippen LogP contribution in [-0.2, 0) is 12.7 Å². The number of nitrogens with one attached hydrogen (secondary N) is 1. The number of alkyl halides is 3. The fourth-order valence-corrected chi connectivity index (χ4v) is 3.54. The molecule has 0 saturated carbocycles. The van der Waals surface area contributed by atoms with Crippen molar-refractivity contribution in [3.05, 3.63) is 59.7 Å². The average molecular weight is 431 g/mol. The predicted octanol–water partition coefficient (Wildman–Crippen LogP) is 4.02. The topological polar surface area (TPSA) is 81.9 Å². The van der Waals surface area contributed by atoms with E-state index >= 15 is 0 Å². The van der Waals surface area contributed by atoms with E-state index in [1.165, 1.54) is 12.3 Å². The molecular formula is C21H20F3N5O2. The molecule has 1 atom stereocenters. The Labute approximate surface area is 176 Å². The van der Waals surface area contributed by atoms with Crippen LogP contribution in [0, 0.1) is 0 Å². The van der Waals surface area contributed by atoms with E-state index in [4.69, 9.17) is 4.74 Å². The molecule has 0 radical (unpaired) electrons. The number of carbonyl (C=O) groups excluding carboxylic acids is 1. The molecular weight excluding hydrogens is 411 g/mol. The number of nitrogens with zero attached hydrogens (tertiary/aromatic N) is 4. The van der Waals surface area contributed by atoms with E-state index in [-0.39, 0.29) is 11.9 Å². The first-order valence-corrected chi connectivity index (χ1v) is 9.86. The summed E-state index contributed by atoms with van der Waals surface area (Å²) in [4.78, 5) is 20.2. The van der Waals surface area contributed by atoms with Crippen molar-refractivity contribution in [2.75, 3.05) is 6.61 Å². The minimum Gasteiger partial charge on any atom is -0.478 e. The molecule has 1 N–H and O–H groups in total. The molecule has 1 unspecified atom stereocenters. The molecule has 0 bridgehead atoms. The third kappa shape index (κ3) is 4.52. The van der Waals surface area contributed by atoms with Gasteiger partial charge >= 0.3 is 6.18 Å². The lowest BCUT2D eigenvalue weighted by Gasteiger charge is -2.24. The van der Waals surface area contributed by atoms with Crippen molar-refractivity contribution in [1.29, 1.82) is 0 Å². The van der Waals surface area contributed by atoms with Crippen molar-refractivity contribution in [3.63, 3.8) is 0 Å². The number of pyridine rings is 2. The molecule has 4 rings (SSSR count). The lowest BCUT2D eigenvalue weighted by Crippen LogP contribution is -2.32. The average Bonchev–Trinajstić information content (AvgIpc) is 3.19. The number of hydrogen-bond donors (Lipinski definition) is 1. The van der Waals surface area contributed by atoms with Crippen molar-refractivity contribution < 1.29 is 22.7 Å². The Kier molecular flexibility index (Phi) is 5.62. The van der Waals surface area contributed by atoms with Gasteiger partial charge in [0.05, 0.1) is 24.0 Å². The molecule has 1 aliphatic rings. The molecule has 1 aliphatic heterocycles. The van der Waals surface area contributed by atoms with Gasteiger partial charge in [0.25, 0.3) is 5.91 Å². The molecule has 162 valence electrons. The maximum atomic E-state index is 13.0. The van der Waals surface area contributed by atoms with Gasteiger partial charge in [-0.15, -0.1) is 0 Å². The number of fused-ring (bicyclic) bond motifs is 1. The first kappa shape index (κ1) is 20.8. The van der Waals surface area contributed by atoms with Crippen LogP contribution in [0.3, 0.4) is 0 Å². The molecule has 31 heavy (non-hydrogen) atoms. The molecule has 3 aromatic rings. The number of ether oxygens (including phenoxy) is 1. The van der Waals surface area contributed by atoms with Crippen LogP contribution in [0.2, 0.25) is 0 Å². The van der Waals surface area contributed by atoms with Gasteiger partial charge in [0.2, 0.25) is 5.88 Å². The zero-order valence-electron chi connectivity index (χ0n) is 16.7. The van der Waals surface area contributed by atoms with Crippen LogP contribution in [-0.4, -0.2) is 32.3 Å². The molecule has 3 aromatic heterocycles. The van der Waals surface area contributed by atoms with Gasteiger partial charge in [-0.05, 0) is 44.0 Å². The summed E-state index contributed by atoms with van der Waals surface area (Å²) in [6.45, 7) is 2.89. The highest BCUT2D eigenvalue weighted by atomic mass is 19.4. The molecule has 10 heteroatoms. The smallest absolute Gasteiger partial charge is 0.433 e. The summed E-state index contributed by atoms with van der Waals surface area (Å²) >= 11 is 0. The predicted molar refractivity (Wildman–Crippen MR) is 105 cm³/mol. The maximum absolute atomic E-state index is 13.0. The van der Waals surface area contributed by atoms with Crippen molar-refractivity contribution >= 4 is 5.91 Å². The summed E-state index contributed by atoms with van der Waals surface area (Å²) < 4.78 is 46.1. The summed E-state index contributed by atoms with van der Waals surface area (Å²) in [5.41, 5.74) is 0.929. The second-order valence-electron chi connectivity index (χ2n) is 7.09. The first-order chi connectivity index (χ1) is 14.8. The highest BCUT2D eigenvalue weighted by molar-refractivity contribution is 5.94. The summed E-state index contributed by atoms with van der Waals surface area (Å²) in [6.07, 6.45) is -0.426. The number of amides is 1. The van der Waals surface area contributed by atoms with Crippen molar-refractivity contribution in [1.82, 2.24) is 25.1 Å². The fraction of sp³-hybridized carbons (Fsp3) is 0.333. The minimum absolute atomic E-state index is 0.284. The van der Waals surface area contributed by atoms with Gasteiger partial charge in [-0.3, -0.25) is 14.5 Å². The van der Waals surface area contributed by atoms with Crippen LogP contribution >= 0.6 is 0 Å². The maximum Gasteiger partial charge on any atom is 0.433 e. The number of carbonyl (C=O) groups is 1. The molecule has 4 heterocycles. The molecule has 0 fully saturated rings. The number of hydrogen-bond acceptors (Lipinski definition) is 5. The lowest BCUT2D eigenvalue weighted by atomic mass is 10.0. The van der Waals surface area contributed by atoms with Crippen molar-refractivity contribution in [3.8, 4) is 17.1 Å². The second-order valence-corrected chi connectivity index (χ2v) is 7.09. The van der Waals surface area contributed by atoms with E-state index in [1.54, 1.807) is 22.9 Å². The van der Waals surface area contributed by atoms with Crippen LogP contribution in [0.1, 0.15) is 47.6 Å². The number of halogens is 3. The van der Waals surface area contributed by atoms with Crippen LogP contribution in [0.4, 0.5) is 13.2 Å². The van der Waals surface area contributed by atoms with Gasteiger partial charge in [0.15, 0.2) is 0 Å². The van der Waals surface area contributed by atoms with E-state index in [1.807, 2.05) is 6.92 Å². The number of aromatic nitrogens is 4. The summed E-state index contributed by atoms with van der Waals surface area (Å²) in [5.74, 6) is 0.0806. The van der Waals surface area contributed by atoms with E-state index in [0.717, 1.165) is 24.4 Å². The minimum atomic E-state index is -4.53. The van der Waals surface area contributed by atoms with E-state index in [0.29, 0.717) is 42.3 Å². The Morgan fingerprint density at radius 2 is 2.03 bits per heavy atom. The third-order valence-corrected chi connectivity index (χ3v) is 4.97. The van der Waals surface area contributed by atoms with Crippen molar-refractivity contribution in [2.45, 2.75) is 38.5 Å². The largest absolute Gasteiger partial charge is 0.478 e. The van der Waals surface area contributed by atoms with Gasteiger partial charge in [-0.1, -0.05) is 0 Å². The number of rotatable bonds is 5. The van der Waals surface area contributed by atoms with Crippen molar-refractivity contribution in [2.24, 2.45) is 0 Å². The third-order valence-electron chi connectivity index (χ3n) is 4.97. The monoisotopic (exact) mass is 431 g/mol. The Morgan fingerprint density at radius 1 is 1.23 bits per heavy atom. The lowest BCUT2D eigenvalue weighted by molar-refractivity contribution is -0.141. The highest BCUT2D eigenvalue weighted by Gasteiger charge is 2.33. The molecule has 1 amide bonds. The Hall–Kier alpha value is -3.43. The molecule has 0 spiro atoms. The molecule has 0 aliphatic carbocycles. The highest BCUT2D eigenvalue weighted by Crippen LogP contribution is 2.32. The van der Waals surface area contributed by atoms with Gasteiger partial charge in [0.1, 0.15) is 5.69 Å². The van der Waals surface area contributed by atoms with Gasteiger partial charge in [-0.2, -0.15) is 18.3 Å². The Morgan fingerprint density at radius 3 is 2.81 bits per heavy atom. The van der Waals surface area contributed by atoms with E-state index in [2.05, 4.69) is 20.4 Å². The Bertz CT molecular complexity index is 1100. The molecule has 0 aromatic carbocycles. The first-order valence-electron chi connectivity index (χ1n) is 9.86. The summed E-state index contributed by atoms with van der Waals surface area (Å²) in [5, 5.41) is 7.44. The quantitative estimate of drug-likeness (QED) is 0.660. The van der Waals surface area contributed by atoms with Gasteiger partial charge in [0, 0.05) is 36.1 Å². The van der Waals surface area contributed by atoms with Crippen LogP contribution in [0.5, 0.6) is 5.88 Å². The zero-order chi connectivity index (χ0) is 22.0. The van der Waals surface area contributed by atoms with Crippen LogP contribution in [0.25, 0.3) is 11.3 Å². The standard InChI is InChI=1S/C21H20F3N5O2/c1-2-31-19-11-14(6-8-26-19)20(30)27-15-4-3-9-29-17(15)12-16(28-29)13-5-7-25-18(10-13)21(22,23)24/h5-8,10-12,15H,2-4,9H2,1H3,(H,27,30). The molecule has 0 saturated heterocycles.